The number of imide groups is 1. The van der Waals surface area contributed by atoms with E-state index in [1.165, 1.54) is 4.90 Å². The molecule has 0 saturated carbocycles. The summed E-state index contributed by atoms with van der Waals surface area (Å²) in [6.45, 7) is 17.5. The molecule has 0 spiro atoms. The first kappa shape index (κ1) is 36.2. The predicted molar refractivity (Wildman–Crippen MR) is 201 cm³/mol. The summed E-state index contributed by atoms with van der Waals surface area (Å²) in [6, 6.07) is 6.13. The van der Waals surface area contributed by atoms with E-state index in [0.29, 0.717) is 53.8 Å². The number of aromatic amines is 2. The maximum Gasteiger partial charge on any atom is 0.303 e. The molecule has 10 heteroatoms. The van der Waals surface area contributed by atoms with Crippen LogP contribution in [0, 0.1) is 13.8 Å². The number of rotatable bonds is 12. The third kappa shape index (κ3) is 6.43. The van der Waals surface area contributed by atoms with Crippen molar-refractivity contribution in [3.05, 3.63) is 68.8 Å². The average molecular weight is 694 g/mol. The van der Waals surface area contributed by atoms with E-state index < -0.39 is 11.9 Å². The summed E-state index contributed by atoms with van der Waals surface area (Å²) >= 11 is 0. The molecule has 1 unspecified atom stereocenters. The Bertz CT molecular complexity index is 2100. The number of H-pyrrole nitrogens is 2. The molecule has 0 fully saturated rings. The van der Waals surface area contributed by atoms with Crippen LogP contribution in [0.25, 0.3) is 33.2 Å². The molecule has 6 rings (SSSR count). The van der Waals surface area contributed by atoms with Gasteiger partial charge in [-0.25, -0.2) is 4.98 Å². The van der Waals surface area contributed by atoms with Crippen molar-refractivity contribution in [2.45, 2.75) is 118 Å². The number of aryl methyl sites for hydroxylation is 2. The number of nitrogens with one attached hydrogen (secondary N) is 2. The van der Waals surface area contributed by atoms with Crippen LogP contribution in [0.3, 0.4) is 0 Å². The van der Waals surface area contributed by atoms with E-state index in [-0.39, 0.29) is 30.3 Å². The molecule has 0 saturated heterocycles. The highest BCUT2D eigenvalue weighted by molar-refractivity contribution is 6.23. The zero-order chi connectivity index (χ0) is 36.7. The van der Waals surface area contributed by atoms with E-state index in [1.54, 1.807) is 0 Å². The fraction of sp³-hybridized carbons (Fsp3) is 0.488. The molecule has 3 aromatic rings. The average Bonchev–Trinajstić information content (AvgIpc) is 3.77. The fourth-order valence-electron chi connectivity index (χ4n) is 7.95. The first-order chi connectivity index (χ1) is 24.4. The van der Waals surface area contributed by atoms with Gasteiger partial charge >= 0.3 is 5.97 Å². The quantitative estimate of drug-likeness (QED) is 0.127. The summed E-state index contributed by atoms with van der Waals surface area (Å²) in [5.74, 6) is -2.16. The van der Waals surface area contributed by atoms with Gasteiger partial charge in [0.25, 0.3) is 11.8 Å². The number of hydrogen-bond acceptors (Lipinski definition) is 6. The summed E-state index contributed by atoms with van der Waals surface area (Å²) in [5, 5.41) is 9.76. The molecule has 0 aliphatic carbocycles. The lowest BCUT2D eigenvalue weighted by Gasteiger charge is -2.27. The van der Waals surface area contributed by atoms with Gasteiger partial charge in [0.1, 0.15) is 0 Å². The third-order valence-corrected chi connectivity index (χ3v) is 11.0. The Labute approximate surface area is 299 Å². The number of amides is 2. The highest BCUT2D eigenvalue weighted by Crippen LogP contribution is 2.44. The van der Waals surface area contributed by atoms with Gasteiger partial charge in [-0.1, -0.05) is 40.5 Å². The molecule has 0 radical (unpaired) electrons. The van der Waals surface area contributed by atoms with E-state index >= 15 is 0 Å². The number of aromatic nitrogens is 4. The van der Waals surface area contributed by atoms with Gasteiger partial charge in [-0.05, 0) is 93.9 Å². The summed E-state index contributed by atoms with van der Waals surface area (Å²) in [4.78, 5) is 59.4. The molecule has 3 aliphatic rings. The molecule has 10 nitrogen and oxygen atoms in total. The summed E-state index contributed by atoms with van der Waals surface area (Å²) in [6.07, 6.45) is 4.33. The minimum absolute atomic E-state index is 0.0712. The predicted octanol–water partition coefficient (Wildman–Crippen LogP) is 9.30. The number of carbonyl (C=O) groups is 3. The van der Waals surface area contributed by atoms with Crippen LogP contribution in [-0.4, -0.2) is 60.9 Å². The fourth-order valence-corrected chi connectivity index (χ4v) is 7.95. The van der Waals surface area contributed by atoms with Crippen molar-refractivity contribution in [3.8, 4) is 0 Å². The zero-order valence-corrected chi connectivity index (χ0v) is 31.2. The minimum atomic E-state index is -0.907. The first-order valence-electron chi connectivity index (χ1n) is 18.6. The molecule has 3 aromatic heterocycles. The molecule has 2 amide bonds. The Balaban J connectivity index is 1.76. The Morgan fingerprint density at radius 1 is 0.922 bits per heavy atom. The van der Waals surface area contributed by atoms with E-state index in [0.717, 1.165) is 81.6 Å². The van der Waals surface area contributed by atoms with Gasteiger partial charge in [-0.15, -0.1) is 0 Å². The SMILES string of the molecule is CCCCOC(C)c1c(C)c2cc3nc(c4c5[nH]c(cc6nc(cc1[nH]2)C(C)=C6CC)c(C)c5C(=O)N(CCCC)C4=O)[C@@H](CCC(=O)O)[C@@H]3C. The molecule has 3 atom stereocenters. The second-order valence-electron chi connectivity index (χ2n) is 14.3. The van der Waals surface area contributed by atoms with Crippen molar-refractivity contribution < 1.29 is 24.2 Å². The number of carboxylic acids is 1. The van der Waals surface area contributed by atoms with Crippen LogP contribution < -0.4 is 0 Å². The molecule has 51 heavy (non-hydrogen) atoms. The van der Waals surface area contributed by atoms with Crippen molar-refractivity contribution in [2.24, 2.45) is 0 Å². The number of fused-ring (bicyclic) bond motifs is 8. The van der Waals surface area contributed by atoms with Crippen LogP contribution in [0.15, 0.2) is 18.2 Å². The number of unbranched alkanes of at least 4 members (excludes halogenated alkanes) is 2. The summed E-state index contributed by atoms with van der Waals surface area (Å²) < 4.78 is 6.35. The lowest BCUT2D eigenvalue weighted by Crippen LogP contribution is -2.41. The second kappa shape index (κ2) is 14.6. The highest BCUT2D eigenvalue weighted by atomic mass is 16.5. The number of allylic oxidation sites excluding steroid dienone is 2. The van der Waals surface area contributed by atoms with Crippen LogP contribution in [0.1, 0.15) is 165 Å². The molecular weight excluding hydrogens is 642 g/mol. The van der Waals surface area contributed by atoms with Crippen LogP contribution in [-0.2, 0) is 9.53 Å². The normalized spacial score (nSPS) is 17.8. The van der Waals surface area contributed by atoms with Crippen molar-refractivity contribution in [1.82, 2.24) is 24.8 Å². The molecular formula is C41H51N5O5. The van der Waals surface area contributed by atoms with E-state index in [4.69, 9.17) is 14.7 Å². The largest absolute Gasteiger partial charge is 0.481 e. The van der Waals surface area contributed by atoms with E-state index in [9.17, 15) is 19.5 Å². The van der Waals surface area contributed by atoms with Crippen molar-refractivity contribution in [1.29, 1.82) is 0 Å². The van der Waals surface area contributed by atoms with Gasteiger partial charge in [0.15, 0.2) is 0 Å². The molecule has 270 valence electrons. The Hall–Kier alpha value is -4.57. The number of ether oxygens (including phenoxy) is 1. The summed E-state index contributed by atoms with van der Waals surface area (Å²) in [7, 11) is 0. The zero-order valence-electron chi connectivity index (χ0n) is 31.2. The first-order valence-corrected chi connectivity index (χ1v) is 18.6. The molecule has 8 bridgehead atoms. The number of aliphatic carboxylic acids is 1. The minimum Gasteiger partial charge on any atom is -0.481 e. The number of carbonyl (C=O) groups excluding carboxylic acids is 2. The van der Waals surface area contributed by atoms with Crippen LogP contribution in [0.5, 0.6) is 0 Å². The number of nitrogens with zero attached hydrogens (tertiary/aromatic N) is 3. The maximum absolute atomic E-state index is 14.5. The molecule has 6 heterocycles. The van der Waals surface area contributed by atoms with Crippen LogP contribution >= 0.6 is 0 Å². The number of carboxylic acid groups (broad SMARTS) is 1. The summed E-state index contributed by atoms with van der Waals surface area (Å²) in [5.41, 5.74) is 11.7. The van der Waals surface area contributed by atoms with Crippen molar-refractivity contribution in [2.75, 3.05) is 13.2 Å². The standard InChI is InChI=1S/C41H51N5O5/c1-9-12-16-46-40(49)36-24(7)31-19-32-26(11-3)21(4)28(42-32)20-33-35(25(8)51-17-13-10-2)23(6)30(43-33)18-29-22(5)27(14-15-34(47)48)38(44-29)37(41(46)50)39(36)45-31/h18-20,22,25,27,43,45H,9-17H2,1-8H3,(H,47,48)/t22-,25?,27-/m0/s1. The van der Waals surface area contributed by atoms with Crippen LogP contribution in [0.4, 0.5) is 0 Å². The van der Waals surface area contributed by atoms with Gasteiger partial charge in [0, 0.05) is 59.2 Å². The lowest BCUT2D eigenvalue weighted by atomic mass is 9.84. The van der Waals surface area contributed by atoms with E-state index in [2.05, 4.69) is 50.7 Å². The highest BCUT2D eigenvalue weighted by Gasteiger charge is 2.40. The van der Waals surface area contributed by atoms with Crippen molar-refractivity contribution in [3.63, 3.8) is 0 Å². The second-order valence-corrected chi connectivity index (χ2v) is 14.3. The van der Waals surface area contributed by atoms with Gasteiger partial charge in [-0.2, -0.15) is 0 Å². The van der Waals surface area contributed by atoms with Gasteiger partial charge in [-0.3, -0.25) is 24.3 Å². The Morgan fingerprint density at radius 2 is 1.61 bits per heavy atom. The molecule has 0 aromatic carbocycles. The Morgan fingerprint density at radius 3 is 2.29 bits per heavy atom. The lowest BCUT2D eigenvalue weighted by molar-refractivity contribution is -0.137. The van der Waals surface area contributed by atoms with Crippen LogP contribution in [0.2, 0.25) is 0 Å². The molecule has 3 N–H and O–H groups in total. The number of hydrogen-bond donors (Lipinski definition) is 3. The van der Waals surface area contributed by atoms with Crippen molar-refractivity contribution >= 4 is 51.0 Å². The van der Waals surface area contributed by atoms with Gasteiger partial charge in [0.2, 0.25) is 0 Å². The Kier molecular flexibility index (Phi) is 10.4. The maximum atomic E-state index is 14.5. The van der Waals surface area contributed by atoms with E-state index in [1.807, 2.05) is 32.9 Å². The monoisotopic (exact) mass is 693 g/mol. The van der Waals surface area contributed by atoms with Gasteiger partial charge < -0.3 is 19.8 Å². The molecule has 3 aliphatic heterocycles. The topological polar surface area (TPSA) is 141 Å². The third-order valence-electron chi connectivity index (χ3n) is 11.0. The smallest absolute Gasteiger partial charge is 0.303 e. The van der Waals surface area contributed by atoms with Gasteiger partial charge in [0.05, 0.1) is 39.8 Å².